The zero-order valence-electron chi connectivity index (χ0n) is 9.40. The number of hydrazine groups is 1. The lowest BCUT2D eigenvalue weighted by atomic mass is 10.1. The van der Waals surface area contributed by atoms with Crippen LogP contribution in [0.1, 0.15) is 19.8 Å². The highest BCUT2D eigenvalue weighted by Crippen LogP contribution is 2.36. The van der Waals surface area contributed by atoms with Crippen molar-refractivity contribution in [2.75, 3.05) is 23.0 Å². The molecule has 1 fully saturated rings. The third-order valence-corrected chi connectivity index (χ3v) is 2.92. The molecule has 1 atom stereocenters. The quantitative estimate of drug-likeness (QED) is 0.434. The van der Waals surface area contributed by atoms with Crippen molar-refractivity contribution >= 4 is 17.6 Å². The molecule has 0 amide bonds. The SMILES string of the molecule is CC(CNc1cc(NN)nc(N)n1)C1CC1. The highest BCUT2D eigenvalue weighted by Gasteiger charge is 2.27. The molecule has 6 heteroatoms. The fourth-order valence-corrected chi connectivity index (χ4v) is 1.73. The normalized spacial score (nSPS) is 16.9. The Kier molecular flexibility index (Phi) is 3.09. The highest BCUT2D eigenvalue weighted by atomic mass is 15.3. The highest BCUT2D eigenvalue weighted by molar-refractivity contribution is 5.50. The summed E-state index contributed by atoms with van der Waals surface area (Å²) in [6, 6.07) is 1.75. The molecule has 1 saturated carbocycles. The van der Waals surface area contributed by atoms with Gasteiger partial charge in [-0.1, -0.05) is 6.92 Å². The Morgan fingerprint density at radius 2 is 2.12 bits per heavy atom. The van der Waals surface area contributed by atoms with Gasteiger partial charge in [0.15, 0.2) is 0 Å². The van der Waals surface area contributed by atoms with Gasteiger partial charge >= 0.3 is 0 Å². The molecule has 0 saturated heterocycles. The number of hydrogen-bond donors (Lipinski definition) is 4. The van der Waals surface area contributed by atoms with Crippen LogP contribution in [0.25, 0.3) is 0 Å². The molecule has 0 aromatic carbocycles. The fraction of sp³-hybridized carbons (Fsp3) is 0.600. The molecule has 0 spiro atoms. The molecular weight excluding hydrogens is 204 g/mol. The molecule has 1 aliphatic rings. The Balaban J connectivity index is 1.94. The summed E-state index contributed by atoms with van der Waals surface area (Å²) in [7, 11) is 0. The van der Waals surface area contributed by atoms with Crippen LogP contribution in [0.2, 0.25) is 0 Å². The molecule has 0 radical (unpaired) electrons. The zero-order valence-corrected chi connectivity index (χ0v) is 9.40. The van der Waals surface area contributed by atoms with Crippen molar-refractivity contribution in [2.45, 2.75) is 19.8 Å². The largest absolute Gasteiger partial charge is 0.370 e. The van der Waals surface area contributed by atoms with E-state index in [4.69, 9.17) is 11.6 Å². The molecule has 1 aromatic heterocycles. The molecule has 1 aliphatic carbocycles. The van der Waals surface area contributed by atoms with Crippen molar-refractivity contribution in [3.05, 3.63) is 6.07 Å². The van der Waals surface area contributed by atoms with Gasteiger partial charge < -0.3 is 16.5 Å². The molecule has 1 aromatic rings. The van der Waals surface area contributed by atoms with Crippen LogP contribution in [0.4, 0.5) is 17.6 Å². The third-order valence-electron chi connectivity index (χ3n) is 2.92. The van der Waals surface area contributed by atoms with Gasteiger partial charge in [0.1, 0.15) is 11.6 Å². The predicted molar refractivity (Wildman–Crippen MR) is 64.6 cm³/mol. The van der Waals surface area contributed by atoms with E-state index in [0.29, 0.717) is 17.6 Å². The van der Waals surface area contributed by atoms with Crippen molar-refractivity contribution in [3.63, 3.8) is 0 Å². The van der Waals surface area contributed by atoms with E-state index >= 15 is 0 Å². The van der Waals surface area contributed by atoms with E-state index in [2.05, 4.69) is 27.6 Å². The number of rotatable bonds is 5. The lowest BCUT2D eigenvalue weighted by molar-refractivity contribution is 0.536. The van der Waals surface area contributed by atoms with Crippen LogP contribution in [-0.2, 0) is 0 Å². The summed E-state index contributed by atoms with van der Waals surface area (Å²) >= 11 is 0. The van der Waals surface area contributed by atoms with Gasteiger partial charge in [0, 0.05) is 12.6 Å². The minimum absolute atomic E-state index is 0.219. The van der Waals surface area contributed by atoms with Crippen molar-refractivity contribution in [2.24, 2.45) is 17.7 Å². The second-order valence-electron chi connectivity index (χ2n) is 4.34. The average molecular weight is 222 g/mol. The molecule has 1 unspecified atom stereocenters. The van der Waals surface area contributed by atoms with Gasteiger partial charge in [-0.05, 0) is 24.7 Å². The number of nitrogen functional groups attached to an aromatic ring is 2. The molecule has 88 valence electrons. The average Bonchev–Trinajstić information content (AvgIpc) is 3.08. The van der Waals surface area contributed by atoms with E-state index < -0.39 is 0 Å². The van der Waals surface area contributed by atoms with E-state index in [1.165, 1.54) is 12.8 Å². The molecule has 2 rings (SSSR count). The number of anilines is 3. The third kappa shape index (κ3) is 2.73. The van der Waals surface area contributed by atoms with Crippen LogP contribution in [0.5, 0.6) is 0 Å². The van der Waals surface area contributed by atoms with Crippen molar-refractivity contribution in [1.29, 1.82) is 0 Å². The van der Waals surface area contributed by atoms with Gasteiger partial charge in [0.05, 0.1) is 0 Å². The summed E-state index contributed by atoms with van der Waals surface area (Å²) in [6.45, 7) is 3.16. The van der Waals surface area contributed by atoms with Gasteiger partial charge in [0.2, 0.25) is 5.95 Å². The number of nitrogens with one attached hydrogen (secondary N) is 2. The van der Waals surface area contributed by atoms with Crippen molar-refractivity contribution in [3.8, 4) is 0 Å². The lowest BCUT2D eigenvalue weighted by Crippen LogP contribution is -2.16. The summed E-state index contributed by atoms with van der Waals surface area (Å²) in [6.07, 6.45) is 2.70. The monoisotopic (exact) mass is 222 g/mol. The second-order valence-corrected chi connectivity index (χ2v) is 4.34. The van der Waals surface area contributed by atoms with Crippen LogP contribution < -0.4 is 22.3 Å². The molecular formula is C10H18N6. The van der Waals surface area contributed by atoms with E-state index in [-0.39, 0.29) is 5.95 Å². The minimum atomic E-state index is 0.219. The van der Waals surface area contributed by atoms with Gasteiger partial charge in [-0.15, -0.1) is 0 Å². The van der Waals surface area contributed by atoms with Crippen LogP contribution in [0.15, 0.2) is 6.07 Å². The topological polar surface area (TPSA) is 102 Å². The maximum atomic E-state index is 5.56. The lowest BCUT2D eigenvalue weighted by Gasteiger charge is -2.12. The molecule has 6 nitrogen and oxygen atoms in total. The summed E-state index contributed by atoms with van der Waals surface area (Å²) in [4.78, 5) is 8.01. The molecule has 16 heavy (non-hydrogen) atoms. The maximum Gasteiger partial charge on any atom is 0.223 e. The van der Waals surface area contributed by atoms with Crippen molar-refractivity contribution in [1.82, 2.24) is 9.97 Å². The zero-order chi connectivity index (χ0) is 11.5. The van der Waals surface area contributed by atoms with Gasteiger partial charge in [-0.2, -0.15) is 9.97 Å². The first-order chi connectivity index (χ1) is 7.69. The standard InChI is InChI=1S/C10H18N6/c1-6(7-2-3-7)5-13-8-4-9(16-12)15-10(11)14-8/h4,6-7H,2-3,5,12H2,1H3,(H4,11,13,14,15,16). The summed E-state index contributed by atoms with van der Waals surface area (Å²) in [5, 5.41) is 3.25. The van der Waals surface area contributed by atoms with E-state index in [1.54, 1.807) is 6.07 Å². The minimum Gasteiger partial charge on any atom is -0.370 e. The number of hydrogen-bond acceptors (Lipinski definition) is 6. The first-order valence-corrected chi connectivity index (χ1v) is 5.54. The first-order valence-electron chi connectivity index (χ1n) is 5.54. The molecule has 0 bridgehead atoms. The summed E-state index contributed by atoms with van der Waals surface area (Å²) < 4.78 is 0. The van der Waals surface area contributed by atoms with Crippen LogP contribution in [0.3, 0.4) is 0 Å². The molecule has 6 N–H and O–H groups in total. The Morgan fingerprint density at radius 1 is 1.44 bits per heavy atom. The first kappa shape index (κ1) is 10.9. The molecule has 0 aliphatic heterocycles. The van der Waals surface area contributed by atoms with Gasteiger partial charge in [-0.3, -0.25) is 0 Å². The van der Waals surface area contributed by atoms with Crippen molar-refractivity contribution < 1.29 is 0 Å². The van der Waals surface area contributed by atoms with E-state index in [1.807, 2.05) is 0 Å². The Bertz CT molecular complexity index is 362. The van der Waals surface area contributed by atoms with Crippen LogP contribution in [0, 0.1) is 11.8 Å². The number of nitrogens with two attached hydrogens (primary N) is 2. The van der Waals surface area contributed by atoms with E-state index in [0.717, 1.165) is 12.5 Å². The van der Waals surface area contributed by atoms with Gasteiger partial charge in [0.25, 0.3) is 0 Å². The summed E-state index contributed by atoms with van der Waals surface area (Å²) in [5.74, 6) is 8.28. The Labute approximate surface area is 94.8 Å². The fourth-order valence-electron chi connectivity index (χ4n) is 1.73. The van der Waals surface area contributed by atoms with Crippen LogP contribution >= 0.6 is 0 Å². The van der Waals surface area contributed by atoms with Crippen LogP contribution in [-0.4, -0.2) is 16.5 Å². The molecule has 1 heterocycles. The maximum absolute atomic E-state index is 5.56. The smallest absolute Gasteiger partial charge is 0.223 e. The predicted octanol–water partition coefficient (Wildman–Crippen LogP) is 0.802. The van der Waals surface area contributed by atoms with E-state index in [9.17, 15) is 0 Å². The number of aromatic nitrogens is 2. The Hall–Kier alpha value is -1.56. The Morgan fingerprint density at radius 3 is 2.75 bits per heavy atom. The number of nitrogens with zero attached hydrogens (tertiary/aromatic N) is 2. The van der Waals surface area contributed by atoms with Gasteiger partial charge in [-0.25, -0.2) is 5.84 Å². The second kappa shape index (κ2) is 4.52. The summed E-state index contributed by atoms with van der Waals surface area (Å²) in [5.41, 5.74) is 8.02.